The molecule has 0 unspecified atom stereocenters. The number of rotatable bonds is 5. The van der Waals surface area contributed by atoms with Gasteiger partial charge in [0.1, 0.15) is 22.1 Å². The van der Waals surface area contributed by atoms with E-state index in [1.54, 1.807) is 13.8 Å². The van der Waals surface area contributed by atoms with E-state index in [1.807, 2.05) is 12.1 Å². The molecular formula is C15H20N2O4S. The molecule has 0 N–H and O–H groups in total. The number of sulfonamides is 1. The summed E-state index contributed by atoms with van der Waals surface area (Å²) in [5, 5.41) is 3.71. The Morgan fingerprint density at radius 1 is 1.36 bits per heavy atom. The highest BCUT2D eigenvalue weighted by Gasteiger charge is 2.37. The van der Waals surface area contributed by atoms with Gasteiger partial charge in [-0.3, -0.25) is 0 Å². The van der Waals surface area contributed by atoms with Crippen molar-refractivity contribution < 1.29 is 17.4 Å². The maximum atomic E-state index is 12.6. The molecule has 0 aliphatic heterocycles. The predicted molar refractivity (Wildman–Crippen MR) is 79.9 cm³/mol. The fourth-order valence-electron chi connectivity index (χ4n) is 2.70. The largest absolute Gasteiger partial charge is 0.464 e. The normalized spacial score (nSPS) is 21.5. The first-order valence-corrected chi connectivity index (χ1v) is 8.72. The van der Waals surface area contributed by atoms with E-state index in [0.29, 0.717) is 29.1 Å². The molecule has 1 saturated carbocycles. The molecule has 120 valence electrons. The molecule has 0 saturated heterocycles. The molecule has 2 atom stereocenters. The third-order valence-corrected chi connectivity index (χ3v) is 6.22. The van der Waals surface area contributed by atoms with Crippen molar-refractivity contribution in [1.82, 2.24) is 9.46 Å². The van der Waals surface area contributed by atoms with Crippen LogP contribution in [0.5, 0.6) is 0 Å². The van der Waals surface area contributed by atoms with E-state index >= 15 is 0 Å². The molecule has 7 heteroatoms. The van der Waals surface area contributed by atoms with Gasteiger partial charge in [-0.2, -0.15) is 4.31 Å². The number of furan rings is 1. The van der Waals surface area contributed by atoms with Crippen LogP contribution in [0, 0.1) is 19.8 Å². The summed E-state index contributed by atoms with van der Waals surface area (Å²) in [7, 11) is -2.11. The van der Waals surface area contributed by atoms with E-state index in [0.717, 1.165) is 12.2 Å². The highest BCUT2D eigenvalue weighted by Crippen LogP contribution is 2.47. The summed E-state index contributed by atoms with van der Waals surface area (Å²) in [5.41, 5.74) is 0.372. The predicted octanol–water partition coefficient (Wildman–Crippen LogP) is 2.83. The Kier molecular flexibility index (Phi) is 3.65. The Morgan fingerprint density at radius 2 is 2.05 bits per heavy atom. The zero-order valence-electron chi connectivity index (χ0n) is 13.2. The van der Waals surface area contributed by atoms with Crippen LogP contribution in [-0.4, -0.2) is 24.9 Å². The molecule has 1 aliphatic rings. The van der Waals surface area contributed by atoms with Crippen LogP contribution in [0.2, 0.25) is 0 Å². The van der Waals surface area contributed by atoms with E-state index in [4.69, 9.17) is 8.94 Å². The Balaban J connectivity index is 1.79. The van der Waals surface area contributed by atoms with Crippen LogP contribution in [0.15, 0.2) is 26.0 Å². The lowest BCUT2D eigenvalue weighted by atomic mass is 10.3. The summed E-state index contributed by atoms with van der Waals surface area (Å²) in [5.74, 6) is 3.04. The Morgan fingerprint density at radius 3 is 2.59 bits per heavy atom. The molecule has 0 radical (unpaired) electrons. The van der Waals surface area contributed by atoms with Crippen molar-refractivity contribution in [3.63, 3.8) is 0 Å². The van der Waals surface area contributed by atoms with E-state index in [2.05, 4.69) is 12.1 Å². The van der Waals surface area contributed by atoms with Gasteiger partial charge in [0.15, 0.2) is 5.76 Å². The third kappa shape index (κ3) is 2.59. The molecule has 2 aromatic rings. The van der Waals surface area contributed by atoms with Gasteiger partial charge >= 0.3 is 0 Å². The van der Waals surface area contributed by atoms with Crippen LogP contribution in [0.4, 0.5) is 0 Å². The van der Waals surface area contributed by atoms with E-state index in [1.165, 1.54) is 11.4 Å². The SMILES string of the molecule is Cc1noc(C)c1S(=O)(=O)N(C)Cc1ccc([C@@H]2C[C@@H]2C)o1. The Labute approximate surface area is 130 Å². The topological polar surface area (TPSA) is 76.6 Å². The minimum Gasteiger partial charge on any atom is -0.464 e. The molecule has 2 heterocycles. The zero-order chi connectivity index (χ0) is 16.1. The fraction of sp³-hybridized carbons (Fsp3) is 0.533. The minimum atomic E-state index is -3.64. The number of nitrogens with zero attached hydrogens (tertiary/aromatic N) is 2. The van der Waals surface area contributed by atoms with Crippen LogP contribution in [-0.2, 0) is 16.6 Å². The smallest absolute Gasteiger partial charge is 0.248 e. The summed E-state index contributed by atoms with van der Waals surface area (Å²) in [4.78, 5) is 0.137. The fourth-order valence-corrected chi connectivity index (χ4v) is 4.12. The molecule has 1 fully saturated rings. The van der Waals surface area contributed by atoms with Crippen molar-refractivity contribution in [3.8, 4) is 0 Å². The van der Waals surface area contributed by atoms with Gasteiger partial charge in [-0.1, -0.05) is 12.1 Å². The number of hydrogen-bond donors (Lipinski definition) is 0. The molecule has 0 bridgehead atoms. The van der Waals surface area contributed by atoms with Gasteiger partial charge in [0.05, 0.1) is 6.54 Å². The van der Waals surface area contributed by atoms with Gasteiger partial charge < -0.3 is 8.94 Å². The molecule has 2 aromatic heterocycles. The van der Waals surface area contributed by atoms with E-state index in [-0.39, 0.29) is 11.4 Å². The second-order valence-electron chi connectivity index (χ2n) is 6.04. The average molecular weight is 324 g/mol. The first-order chi connectivity index (χ1) is 10.3. The van der Waals surface area contributed by atoms with Gasteiger partial charge in [-0.05, 0) is 38.3 Å². The minimum absolute atomic E-state index is 0.137. The van der Waals surface area contributed by atoms with Crippen molar-refractivity contribution in [2.75, 3.05) is 7.05 Å². The van der Waals surface area contributed by atoms with Gasteiger partial charge in [-0.25, -0.2) is 8.42 Å². The molecule has 3 rings (SSSR count). The standard InChI is InChI=1S/C15H20N2O4S/c1-9-7-13(9)14-6-5-12(20-14)8-17(4)22(18,19)15-10(2)16-21-11(15)3/h5-6,9,13H,7-8H2,1-4H3/t9-,13+/m0/s1. The number of hydrogen-bond acceptors (Lipinski definition) is 5. The first kappa shape index (κ1) is 15.3. The molecule has 0 spiro atoms. The lowest BCUT2D eigenvalue weighted by molar-refractivity contribution is 0.383. The van der Waals surface area contributed by atoms with Crippen molar-refractivity contribution >= 4 is 10.0 Å². The van der Waals surface area contributed by atoms with Crippen molar-refractivity contribution in [2.24, 2.45) is 5.92 Å². The van der Waals surface area contributed by atoms with E-state index in [9.17, 15) is 8.42 Å². The summed E-state index contributed by atoms with van der Waals surface area (Å²) in [6.45, 7) is 5.59. The van der Waals surface area contributed by atoms with Crippen LogP contribution in [0.3, 0.4) is 0 Å². The molecule has 22 heavy (non-hydrogen) atoms. The van der Waals surface area contributed by atoms with Crippen LogP contribution in [0.25, 0.3) is 0 Å². The summed E-state index contributed by atoms with van der Waals surface area (Å²) >= 11 is 0. The second kappa shape index (κ2) is 5.24. The molecule has 6 nitrogen and oxygen atoms in total. The second-order valence-corrected chi connectivity index (χ2v) is 8.02. The van der Waals surface area contributed by atoms with Crippen LogP contribution >= 0.6 is 0 Å². The van der Waals surface area contributed by atoms with Crippen molar-refractivity contribution in [1.29, 1.82) is 0 Å². The number of aryl methyl sites for hydroxylation is 2. The molecular weight excluding hydrogens is 304 g/mol. The summed E-state index contributed by atoms with van der Waals surface area (Å²) in [6.07, 6.45) is 1.14. The maximum Gasteiger partial charge on any atom is 0.248 e. The quantitative estimate of drug-likeness (QED) is 0.845. The third-order valence-electron chi connectivity index (χ3n) is 4.17. The maximum absolute atomic E-state index is 12.6. The molecule has 0 amide bonds. The monoisotopic (exact) mass is 324 g/mol. The number of aromatic nitrogens is 1. The first-order valence-electron chi connectivity index (χ1n) is 7.28. The van der Waals surface area contributed by atoms with Crippen LogP contribution in [0.1, 0.15) is 42.2 Å². The van der Waals surface area contributed by atoms with Crippen molar-refractivity contribution in [2.45, 2.75) is 44.6 Å². The molecule has 0 aromatic carbocycles. The van der Waals surface area contributed by atoms with Gasteiger partial charge in [0.2, 0.25) is 10.0 Å². The lowest BCUT2D eigenvalue weighted by Crippen LogP contribution is -2.27. The highest BCUT2D eigenvalue weighted by atomic mass is 32.2. The van der Waals surface area contributed by atoms with E-state index < -0.39 is 10.0 Å². The Bertz CT molecular complexity index is 771. The summed E-state index contributed by atoms with van der Waals surface area (Å²) < 4.78 is 37.3. The zero-order valence-corrected chi connectivity index (χ0v) is 14.0. The summed E-state index contributed by atoms with van der Waals surface area (Å²) in [6, 6.07) is 3.79. The molecule has 1 aliphatic carbocycles. The van der Waals surface area contributed by atoms with Crippen LogP contribution < -0.4 is 0 Å². The highest BCUT2D eigenvalue weighted by molar-refractivity contribution is 7.89. The average Bonchev–Trinajstić information content (AvgIpc) is 2.84. The Hall–Kier alpha value is -1.60. The van der Waals surface area contributed by atoms with Gasteiger partial charge in [-0.15, -0.1) is 0 Å². The van der Waals surface area contributed by atoms with Gasteiger partial charge in [0.25, 0.3) is 0 Å². The van der Waals surface area contributed by atoms with Crippen molar-refractivity contribution in [3.05, 3.63) is 35.1 Å². The van der Waals surface area contributed by atoms with Gasteiger partial charge in [0, 0.05) is 13.0 Å². The lowest BCUT2D eigenvalue weighted by Gasteiger charge is -2.15.